The fourth-order valence-corrected chi connectivity index (χ4v) is 2.73. The molecule has 27 heavy (non-hydrogen) atoms. The predicted octanol–water partition coefficient (Wildman–Crippen LogP) is 5.53. The van der Waals surface area contributed by atoms with Gasteiger partial charge in [0, 0.05) is 16.4 Å². The summed E-state index contributed by atoms with van der Waals surface area (Å²) >= 11 is 3.43. The summed E-state index contributed by atoms with van der Waals surface area (Å²) in [7, 11) is 0. The van der Waals surface area contributed by atoms with Crippen LogP contribution in [0.5, 0.6) is 5.75 Å². The lowest BCUT2D eigenvalue weighted by Crippen LogP contribution is -2.20. The molecule has 0 unspecified atom stereocenters. The first-order valence-electron chi connectivity index (χ1n) is 8.47. The highest BCUT2D eigenvalue weighted by Gasteiger charge is 2.03. The van der Waals surface area contributed by atoms with Crippen LogP contribution in [-0.2, 0) is 4.79 Å². The molecule has 3 aromatic rings. The molecule has 1 N–H and O–H groups in total. The zero-order valence-corrected chi connectivity index (χ0v) is 16.4. The summed E-state index contributed by atoms with van der Waals surface area (Å²) in [5.74, 6) is 0.438. The molecule has 4 nitrogen and oxygen atoms in total. The molecule has 0 saturated heterocycles. The van der Waals surface area contributed by atoms with E-state index in [0.29, 0.717) is 5.75 Å². The van der Waals surface area contributed by atoms with Crippen LogP contribution in [0.1, 0.15) is 11.1 Å². The summed E-state index contributed by atoms with van der Waals surface area (Å²) in [4.78, 5) is 16.4. The summed E-state index contributed by atoms with van der Waals surface area (Å²) < 4.78 is 6.53. The van der Waals surface area contributed by atoms with E-state index in [2.05, 4.69) is 26.2 Å². The Labute approximate surface area is 167 Å². The van der Waals surface area contributed by atoms with Crippen molar-refractivity contribution in [2.75, 3.05) is 11.9 Å². The van der Waals surface area contributed by atoms with Crippen LogP contribution in [0.4, 0.5) is 11.4 Å². The molecule has 0 saturated carbocycles. The van der Waals surface area contributed by atoms with Crippen molar-refractivity contribution in [1.29, 1.82) is 0 Å². The Morgan fingerprint density at radius 3 is 2.52 bits per heavy atom. The number of hydrogen-bond donors (Lipinski definition) is 1. The molecule has 0 aliphatic rings. The molecule has 0 bridgehead atoms. The minimum Gasteiger partial charge on any atom is -0.484 e. The van der Waals surface area contributed by atoms with E-state index in [9.17, 15) is 4.79 Å². The topological polar surface area (TPSA) is 50.7 Å². The summed E-state index contributed by atoms with van der Waals surface area (Å²) in [6, 6.07) is 22.9. The van der Waals surface area contributed by atoms with Gasteiger partial charge in [-0.2, -0.15) is 0 Å². The maximum Gasteiger partial charge on any atom is 0.262 e. The lowest BCUT2D eigenvalue weighted by Gasteiger charge is -2.08. The first-order valence-corrected chi connectivity index (χ1v) is 9.27. The maximum atomic E-state index is 12.0. The molecule has 0 atom stereocenters. The zero-order chi connectivity index (χ0) is 19.1. The van der Waals surface area contributed by atoms with Gasteiger partial charge < -0.3 is 10.1 Å². The number of nitrogens with one attached hydrogen (secondary N) is 1. The number of aliphatic imine (C=N–C) groups is 1. The van der Waals surface area contributed by atoms with Crippen LogP contribution in [0, 0.1) is 6.92 Å². The van der Waals surface area contributed by atoms with E-state index >= 15 is 0 Å². The lowest BCUT2D eigenvalue weighted by molar-refractivity contribution is -0.118. The molecule has 0 aliphatic carbocycles. The number of ether oxygens (including phenoxy) is 1. The van der Waals surface area contributed by atoms with Gasteiger partial charge in [0.05, 0.1) is 5.69 Å². The normalized spacial score (nSPS) is 10.7. The molecule has 0 fully saturated rings. The van der Waals surface area contributed by atoms with E-state index in [1.165, 1.54) is 0 Å². The van der Waals surface area contributed by atoms with Crippen molar-refractivity contribution in [2.45, 2.75) is 6.92 Å². The van der Waals surface area contributed by atoms with Gasteiger partial charge in [-0.1, -0.05) is 39.7 Å². The molecule has 5 heteroatoms. The number of carbonyl (C=O) groups excluding carboxylic acids is 1. The molecule has 0 heterocycles. The monoisotopic (exact) mass is 422 g/mol. The van der Waals surface area contributed by atoms with Gasteiger partial charge in [0.25, 0.3) is 5.91 Å². The van der Waals surface area contributed by atoms with E-state index in [-0.39, 0.29) is 12.5 Å². The summed E-state index contributed by atoms with van der Waals surface area (Å²) in [5, 5.41) is 2.80. The number of amides is 1. The smallest absolute Gasteiger partial charge is 0.262 e. The quantitative estimate of drug-likeness (QED) is 0.531. The lowest BCUT2D eigenvalue weighted by atomic mass is 10.2. The van der Waals surface area contributed by atoms with Crippen molar-refractivity contribution < 1.29 is 9.53 Å². The van der Waals surface area contributed by atoms with Gasteiger partial charge in [0.15, 0.2) is 6.61 Å². The van der Waals surface area contributed by atoms with Crippen LogP contribution >= 0.6 is 15.9 Å². The second-order valence-electron chi connectivity index (χ2n) is 6.01. The summed E-state index contributed by atoms with van der Waals surface area (Å²) in [6.45, 7) is 1.96. The molecular formula is C22H19BrN2O2. The number of benzene rings is 3. The molecule has 0 aliphatic heterocycles. The van der Waals surface area contributed by atoms with Crippen LogP contribution in [0.25, 0.3) is 0 Å². The maximum absolute atomic E-state index is 12.0. The highest BCUT2D eigenvalue weighted by atomic mass is 79.9. The predicted molar refractivity (Wildman–Crippen MR) is 113 cm³/mol. The number of hydrogen-bond acceptors (Lipinski definition) is 3. The van der Waals surface area contributed by atoms with Gasteiger partial charge in [-0.25, -0.2) is 0 Å². The Morgan fingerprint density at radius 1 is 1.07 bits per heavy atom. The van der Waals surface area contributed by atoms with Crippen molar-refractivity contribution >= 4 is 39.4 Å². The van der Waals surface area contributed by atoms with Crippen LogP contribution < -0.4 is 10.1 Å². The third-order valence-corrected chi connectivity index (χ3v) is 4.25. The zero-order valence-electron chi connectivity index (χ0n) is 14.9. The van der Waals surface area contributed by atoms with E-state index < -0.39 is 0 Å². The summed E-state index contributed by atoms with van der Waals surface area (Å²) in [5.41, 5.74) is 3.73. The Bertz CT molecular complexity index is 935. The standard InChI is InChI=1S/C22H19BrN2O2/c1-16-5-9-19(10-6-16)25-22(26)15-27-21-11-7-17(8-12-21)14-24-20-4-2-3-18(23)13-20/h2-14H,15H2,1H3,(H,25,26). The largest absolute Gasteiger partial charge is 0.484 e. The highest BCUT2D eigenvalue weighted by Crippen LogP contribution is 2.19. The van der Waals surface area contributed by atoms with Crippen molar-refractivity contribution in [2.24, 2.45) is 4.99 Å². The van der Waals surface area contributed by atoms with Gasteiger partial charge in [-0.3, -0.25) is 9.79 Å². The second-order valence-corrected chi connectivity index (χ2v) is 6.93. The Morgan fingerprint density at radius 2 is 1.81 bits per heavy atom. The van der Waals surface area contributed by atoms with Crippen molar-refractivity contribution in [3.8, 4) is 5.75 Å². The van der Waals surface area contributed by atoms with E-state index in [1.807, 2.05) is 79.7 Å². The molecule has 0 radical (unpaired) electrons. The third-order valence-electron chi connectivity index (χ3n) is 3.76. The molecule has 0 spiro atoms. The van der Waals surface area contributed by atoms with Gasteiger partial charge in [0.2, 0.25) is 0 Å². The first-order chi connectivity index (χ1) is 13.1. The van der Waals surface area contributed by atoms with Crippen LogP contribution in [0.15, 0.2) is 82.3 Å². The third kappa shape index (κ3) is 6.08. The van der Waals surface area contributed by atoms with Crippen molar-refractivity contribution in [3.05, 3.63) is 88.4 Å². The van der Waals surface area contributed by atoms with Crippen LogP contribution in [0.2, 0.25) is 0 Å². The van der Waals surface area contributed by atoms with E-state index in [0.717, 1.165) is 27.0 Å². The Kier molecular flexibility index (Phi) is 6.39. The van der Waals surface area contributed by atoms with Gasteiger partial charge in [-0.05, 0) is 67.1 Å². The fourth-order valence-electron chi connectivity index (χ4n) is 2.34. The SMILES string of the molecule is Cc1ccc(NC(=O)COc2ccc(C=Nc3cccc(Br)c3)cc2)cc1. The first kappa shape index (κ1) is 18.9. The van der Waals surface area contributed by atoms with Gasteiger partial charge in [0.1, 0.15) is 5.75 Å². The average Bonchev–Trinajstić information content (AvgIpc) is 2.67. The number of anilines is 1. The minimum absolute atomic E-state index is 0.0423. The number of nitrogens with zero attached hydrogens (tertiary/aromatic N) is 1. The van der Waals surface area contributed by atoms with Crippen molar-refractivity contribution in [3.63, 3.8) is 0 Å². The van der Waals surface area contributed by atoms with Crippen LogP contribution in [0.3, 0.4) is 0 Å². The van der Waals surface area contributed by atoms with Gasteiger partial charge in [-0.15, -0.1) is 0 Å². The van der Waals surface area contributed by atoms with Gasteiger partial charge >= 0.3 is 0 Å². The molecule has 136 valence electrons. The Hall–Kier alpha value is -2.92. The molecular weight excluding hydrogens is 404 g/mol. The summed E-state index contributed by atoms with van der Waals surface area (Å²) in [6.07, 6.45) is 1.79. The number of carbonyl (C=O) groups is 1. The minimum atomic E-state index is -0.195. The fraction of sp³-hybridized carbons (Fsp3) is 0.0909. The number of halogens is 1. The van der Waals surface area contributed by atoms with E-state index in [4.69, 9.17) is 4.74 Å². The molecule has 3 aromatic carbocycles. The van der Waals surface area contributed by atoms with Crippen molar-refractivity contribution in [1.82, 2.24) is 0 Å². The molecule has 0 aromatic heterocycles. The highest BCUT2D eigenvalue weighted by molar-refractivity contribution is 9.10. The second kappa shape index (κ2) is 9.14. The molecule has 3 rings (SSSR count). The molecule has 1 amide bonds. The van der Waals surface area contributed by atoms with Crippen LogP contribution in [-0.4, -0.2) is 18.7 Å². The number of rotatable bonds is 6. The Balaban J connectivity index is 1.51. The van der Waals surface area contributed by atoms with E-state index in [1.54, 1.807) is 6.21 Å². The average molecular weight is 423 g/mol. The number of aryl methyl sites for hydroxylation is 1.